The maximum Gasteiger partial charge on any atom is 0.253 e. The molecule has 0 aromatic heterocycles. The van der Waals surface area contributed by atoms with E-state index in [2.05, 4.69) is 0 Å². The average molecular weight is 767 g/mol. The lowest BCUT2D eigenvalue weighted by atomic mass is 10.2. The molecule has 1 amide bonds. The van der Waals surface area contributed by atoms with Crippen LogP contribution in [0.5, 0.6) is 0 Å². The first-order valence-electron chi connectivity index (χ1n) is 17.2. The molecule has 14 heteroatoms. The van der Waals surface area contributed by atoms with Gasteiger partial charge in [-0.15, -0.1) is 0 Å². The van der Waals surface area contributed by atoms with Crippen molar-refractivity contribution in [1.29, 1.82) is 0 Å². The lowest BCUT2D eigenvalue weighted by Gasteiger charge is -2.31. The van der Waals surface area contributed by atoms with Gasteiger partial charge in [0.15, 0.2) is 0 Å². The molecule has 0 saturated carbocycles. The van der Waals surface area contributed by atoms with Crippen molar-refractivity contribution in [2.24, 2.45) is 0 Å². The molecule has 1 heterocycles. The molecule has 4 aromatic rings. The van der Waals surface area contributed by atoms with E-state index >= 15 is 0 Å². The van der Waals surface area contributed by atoms with Crippen LogP contribution < -0.4 is 0 Å². The number of carbonyl (C=O) groups excluding carboxylic acids is 1. The molecule has 1 aliphatic rings. The summed E-state index contributed by atoms with van der Waals surface area (Å²) in [5.74, 6) is -0.246. The molecule has 0 N–H and O–H groups in total. The first-order valence-corrected chi connectivity index (χ1v) is 21.6. The molecule has 5 rings (SSSR count). The zero-order valence-electron chi connectivity index (χ0n) is 29.8. The van der Waals surface area contributed by atoms with Gasteiger partial charge in [-0.3, -0.25) is 4.79 Å². The normalized spacial score (nSPS) is 17.0. The van der Waals surface area contributed by atoms with Crippen LogP contribution >= 0.6 is 0 Å². The van der Waals surface area contributed by atoms with Crippen molar-refractivity contribution in [3.05, 3.63) is 125 Å². The molecule has 52 heavy (non-hydrogen) atoms. The summed E-state index contributed by atoms with van der Waals surface area (Å²) in [4.78, 5) is 15.5. The highest BCUT2D eigenvalue weighted by Gasteiger charge is 2.32. The maximum absolute atomic E-state index is 14.2. The van der Waals surface area contributed by atoms with Crippen molar-refractivity contribution >= 4 is 36.0 Å². The van der Waals surface area contributed by atoms with E-state index in [-0.39, 0.29) is 85.8 Å². The van der Waals surface area contributed by atoms with Crippen molar-refractivity contribution in [3.63, 3.8) is 0 Å². The fourth-order valence-corrected chi connectivity index (χ4v) is 10.4. The largest absolute Gasteiger partial charge is 0.339 e. The third-order valence-electron chi connectivity index (χ3n) is 9.15. The van der Waals surface area contributed by atoms with Crippen LogP contribution in [0.25, 0.3) is 0 Å². The smallest absolute Gasteiger partial charge is 0.253 e. The maximum atomic E-state index is 14.2. The summed E-state index contributed by atoms with van der Waals surface area (Å²) in [6, 6.07) is 28.0. The Morgan fingerprint density at radius 1 is 0.423 bits per heavy atom. The van der Waals surface area contributed by atoms with Gasteiger partial charge in [0.25, 0.3) is 5.91 Å². The molecule has 0 atom stereocenters. The third-order valence-corrected chi connectivity index (χ3v) is 14.9. The Labute approximate surface area is 308 Å². The Morgan fingerprint density at radius 2 is 0.731 bits per heavy atom. The third kappa shape index (κ3) is 9.35. The van der Waals surface area contributed by atoms with Gasteiger partial charge in [-0.05, 0) is 82.1 Å². The Balaban J connectivity index is 1.54. The number of benzene rings is 4. The van der Waals surface area contributed by atoms with Crippen LogP contribution in [-0.4, -0.2) is 101 Å². The first-order chi connectivity index (χ1) is 24.7. The van der Waals surface area contributed by atoms with Gasteiger partial charge in [-0.1, -0.05) is 71.3 Å². The van der Waals surface area contributed by atoms with Crippen LogP contribution in [0.15, 0.2) is 118 Å². The summed E-state index contributed by atoms with van der Waals surface area (Å²) >= 11 is 0. The second-order valence-corrected chi connectivity index (χ2v) is 18.8. The van der Waals surface area contributed by atoms with Crippen LogP contribution in [0, 0.1) is 20.8 Å². The van der Waals surface area contributed by atoms with E-state index < -0.39 is 30.1 Å². The Morgan fingerprint density at radius 3 is 1.06 bits per heavy atom. The average Bonchev–Trinajstić information content (AvgIpc) is 3.12. The van der Waals surface area contributed by atoms with Crippen LogP contribution in [0.3, 0.4) is 0 Å². The van der Waals surface area contributed by atoms with E-state index in [0.29, 0.717) is 5.56 Å². The van der Waals surface area contributed by atoms with Crippen molar-refractivity contribution < 1.29 is 30.0 Å². The van der Waals surface area contributed by atoms with Gasteiger partial charge in [0, 0.05) is 57.9 Å². The molecular formula is C38H46N4O7S3. The zero-order valence-corrected chi connectivity index (χ0v) is 32.2. The quantitative estimate of drug-likeness (QED) is 0.261. The summed E-state index contributed by atoms with van der Waals surface area (Å²) in [5, 5.41) is 0. The van der Waals surface area contributed by atoms with Crippen LogP contribution in [0.1, 0.15) is 39.9 Å². The van der Waals surface area contributed by atoms with Crippen molar-refractivity contribution in [2.75, 3.05) is 52.4 Å². The predicted molar refractivity (Wildman–Crippen MR) is 201 cm³/mol. The Hall–Kier alpha value is -3.92. The monoisotopic (exact) mass is 766 g/mol. The van der Waals surface area contributed by atoms with Crippen molar-refractivity contribution in [2.45, 2.75) is 48.3 Å². The van der Waals surface area contributed by atoms with E-state index in [0.717, 1.165) is 16.7 Å². The number of nitrogens with zero attached hydrogens (tertiary/aromatic N) is 4. The minimum Gasteiger partial charge on any atom is -0.339 e. The molecule has 0 aliphatic carbocycles. The minimum absolute atomic E-state index is 0.0233. The summed E-state index contributed by atoms with van der Waals surface area (Å²) in [7, 11) is -12.3. The number of aryl methyl sites for hydroxylation is 3. The van der Waals surface area contributed by atoms with Gasteiger partial charge < -0.3 is 4.90 Å². The molecule has 0 bridgehead atoms. The standard InChI is InChI=1S/C38H46N4O7S3/c1-31-11-17-35(18-12-31)50(44,45)40-25-7-23-39(38(43)34-9-5-4-6-10-34)24-8-26-41(51(46,47)36-19-13-32(2)14-20-36)28-30-42(29-27-40)52(48,49)37-21-15-33(3)16-22-37/h4-6,9-22H,7-8,23-30H2,1-3H3. The molecule has 1 saturated heterocycles. The van der Waals surface area contributed by atoms with E-state index in [1.54, 1.807) is 65.6 Å². The van der Waals surface area contributed by atoms with E-state index in [9.17, 15) is 30.0 Å². The highest BCUT2D eigenvalue weighted by Crippen LogP contribution is 2.23. The lowest BCUT2D eigenvalue weighted by Crippen LogP contribution is -2.46. The summed E-state index contributed by atoms with van der Waals surface area (Å²) in [6.07, 6.45) is 0.527. The summed E-state index contributed by atoms with van der Waals surface area (Å²) in [6.45, 7) is 5.15. The molecule has 0 radical (unpaired) electrons. The number of carbonyl (C=O) groups is 1. The van der Waals surface area contributed by atoms with Gasteiger partial charge >= 0.3 is 0 Å². The lowest BCUT2D eigenvalue weighted by molar-refractivity contribution is 0.0746. The van der Waals surface area contributed by atoms with Gasteiger partial charge in [-0.2, -0.15) is 12.9 Å². The van der Waals surface area contributed by atoms with Gasteiger partial charge in [-0.25, -0.2) is 25.3 Å². The predicted octanol–water partition coefficient (Wildman–Crippen LogP) is 4.92. The second kappa shape index (κ2) is 16.8. The van der Waals surface area contributed by atoms with Crippen LogP contribution in [-0.2, 0) is 30.1 Å². The number of sulfonamides is 3. The zero-order chi connectivity index (χ0) is 37.5. The molecule has 1 fully saturated rings. The molecule has 4 aromatic carbocycles. The fraction of sp³-hybridized carbons (Fsp3) is 0.342. The fourth-order valence-electron chi connectivity index (χ4n) is 6.03. The molecule has 0 unspecified atom stereocenters. The first kappa shape index (κ1) is 39.3. The van der Waals surface area contributed by atoms with Gasteiger partial charge in [0.05, 0.1) is 14.7 Å². The van der Waals surface area contributed by atoms with E-state index in [4.69, 9.17) is 0 Å². The van der Waals surface area contributed by atoms with E-state index in [1.807, 2.05) is 26.8 Å². The number of amides is 1. The van der Waals surface area contributed by atoms with Crippen LogP contribution in [0.2, 0.25) is 0 Å². The van der Waals surface area contributed by atoms with Crippen LogP contribution in [0.4, 0.5) is 0 Å². The molecule has 0 spiro atoms. The van der Waals surface area contributed by atoms with Gasteiger partial charge in [0.2, 0.25) is 30.1 Å². The van der Waals surface area contributed by atoms with Crippen molar-refractivity contribution in [3.8, 4) is 0 Å². The molecule has 1 aliphatic heterocycles. The summed E-state index contributed by atoms with van der Waals surface area (Å²) in [5.41, 5.74) is 3.10. The highest BCUT2D eigenvalue weighted by atomic mass is 32.2. The molecule has 11 nitrogen and oxygen atoms in total. The number of hydrogen-bond donors (Lipinski definition) is 0. The van der Waals surface area contributed by atoms with Crippen molar-refractivity contribution in [1.82, 2.24) is 17.8 Å². The Bertz CT molecular complexity index is 2050. The molecule has 278 valence electrons. The Kier molecular flexibility index (Phi) is 12.7. The minimum atomic E-state index is -4.18. The van der Waals surface area contributed by atoms with Gasteiger partial charge in [0.1, 0.15) is 0 Å². The summed E-state index contributed by atoms with van der Waals surface area (Å²) < 4.78 is 88.4. The number of rotatable bonds is 7. The van der Waals surface area contributed by atoms with E-state index in [1.165, 1.54) is 49.3 Å². The topological polar surface area (TPSA) is 132 Å². The number of hydrogen-bond acceptors (Lipinski definition) is 7. The highest BCUT2D eigenvalue weighted by molar-refractivity contribution is 7.89. The molecular weight excluding hydrogens is 721 g/mol. The SMILES string of the molecule is Cc1ccc(S(=O)(=O)N2CCCN(C(=O)c3ccccc3)CCCN(S(=O)(=O)c3ccc(C)cc3)CCN(S(=O)(=O)c3ccc(C)cc3)CC2)cc1. The second-order valence-electron chi connectivity index (χ2n) is 13.0.